The molecule has 104 valence electrons. The molecule has 0 aliphatic rings. The van der Waals surface area contributed by atoms with Crippen LogP contribution in [0.3, 0.4) is 0 Å². The summed E-state index contributed by atoms with van der Waals surface area (Å²) in [6.07, 6.45) is 4.69. The van der Waals surface area contributed by atoms with Crippen molar-refractivity contribution in [3.05, 3.63) is 12.2 Å². The Kier molecular flexibility index (Phi) is 8.97. The zero-order valence-electron chi connectivity index (χ0n) is 11.8. The summed E-state index contributed by atoms with van der Waals surface area (Å²) < 4.78 is 9.97. The number of ether oxygens (including phenoxy) is 2. The molecule has 0 N–H and O–H groups in total. The first-order valence-electron chi connectivity index (χ1n) is 6.51. The Morgan fingerprint density at radius 3 is 2.28 bits per heavy atom. The summed E-state index contributed by atoms with van der Waals surface area (Å²) in [5.41, 5.74) is 0. The molecule has 0 bridgehead atoms. The molecule has 0 rings (SSSR count). The van der Waals surface area contributed by atoms with Crippen LogP contribution in [0.1, 0.15) is 47.0 Å². The molecular formula is C14H24O4. The molecule has 0 heterocycles. The third-order valence-corrected chi connectivity index (χ3v) is 2.22. The zero-order valence-corrected chi connectivity index (χ0v) is 11.8. The highest BCUT2D eigenvalue weighted by Gasteiger charge is 2.09. The van der Waals surface area contributed by atoms with E-state index in [0.717, 1.165) is 31.4 Å². The van der Waals surface area contributed by atoms with Gasteiger partial charge in [0.15, 0.2) is 0 Å². The minimum Gasteiger partial charge on any atom is -0.463 e. The average Bonchev–Trinajstić information content (AvgIpc) is 2.25. The maximum absolute atomic E-state index is 11.4. The van der Waals surface area contributed by atoms with E-state index in [1.54, 1.807) is 0 Å². The Labute approximate surface area is 109 Å². The van der Waals surface area contributed by atoms with Crippen molar-refractivity contribution in [3.8, 4) is 0 Å². The van der Waals surface area contributed by atoms with E-state index in [9.17, 15) is 9.59 Å². The van der Waals surface area contributed by atoms with Crippen LogP contribution in [0, 0.1) is 5.92 Å². The topological polar surface area (TPSA) is 52.6 Å². The van der Waals surface area contributed by atoms with Gasteiger partial charge in [0.25, 0.3) is 0 Å². The monoisotopic (exact) mass is 256 g/mol. The first kappa shape index (κ1) is 16.7. The number of rotatable bonds is 8. The Hall–Kier alpha value is -1.32. The van der Waals surface area contributed by atoms with Crippen LogP contribution in [0.15, 0.2) is 12.2 Å². The quantitative estimate of drug-likeness (QED) is 0.380. The molecule has 0 spiro atoms. The van der Waals surface area contributed by atoms with Gasteiger partial charge >= 0.3 is 11.9 Å². The summed E-state index contributed by atoms with van der Waals surface area (Å²) >= 11 is 0. The maximum Gasteiger partial charge on any atom is 0.331 e. The molecule has 1 unspecified atom stereocenters. The van der Waals surface area contributed by atoms with Crippen LogP contribution in [-0.2, 0) is 19.1 Å². The molecule has 0 aromatic heterocycles. The van der Waals surface area contributed by atoms with E-state index in [1.807, 2.05) is 13.8 Å². The van der Waals surface area contributed by atoms with E-state index in [2.05, 4.69) is 13.8 Å². The van der Waals surface area contributed by atoms with Crippen LogP contribution < -0.4 is 0 Å². The van der Waals surface area contributed by atoms with E-state index in [1.165, 1.54) is 0 Å². The van der Waals surface area contributed by atoms with Crippen molar-refractivity contribution in [3.63, 3.8) is 0 Å². The number of carbonyl (C=O) groups is 2. The van der Waals surface area contributed by atoms with Gasteiger partial charge in [-0.15, -0.1) is 0 Å². The van der Waals surface area contributed by atoms with Gasteiger partial charge in [-0.25, -0.2) is 9.59 Å². The summed E-state index contributed by atoms with van der Waals surface area (Å²) in [6.45, 7) is 8.36. The molecule has 0 aromatic carbocycles. The minimum absolute atomic E-state index is 0.140. The molecule has 0 aliphatic carbocycles. The molecule has 0 aliphatic heterocycles. The number of carbonyl (C=O) groups excluding carboxylic acids is 2. The minimum atomic E-state index is -0.504. The van der Waals surface area contributed by atoms with Crippen molar-refractivity contribution in [2.24, 2.45) is 5.92 Å². The highest BCUT2D eigenvalue weighted by molar-refractivity contribution is 5.91. The second-order valence-electron chi connectivity index (χ2n) is 4.73. The summed E-state index contributed by atoms with van der Waals surface area (Å²) in [7, 11) is 0. The van der Waals surface area contributed by atoms with Crippen molar-refractivity contribution >= 4 is 11.9 Å². The summed E-state index contributed by atoms with van der Waals surface area (Å²) in [5.74, 6) is -0.539. The maximum atomic E-state index is 11.4. The lowest BCUT2D eigenvalue weighted by atomic mass is 10.1. The molecule has 0 saturated carbocycles. The van der Waals surface area contributed by atoms with Gasteiger partial charge in [-0.3, -0.25) is 0 Å². The molecule has 4 heteroatoms. The van der Waals surface area contributed by atoms with Gasteiger partial charge in [0.1, 0.15) is 0 Å². The fourth-order valence-corrected chi connectivity index (χ4v) is 1.45. The van der Waals surface area contributed by atoms with Crippen LogP contribution in [0.4, 0.5) is 0 Å². The lowest BCUT2D eigenvalue weighted by Crippen LogP contribution is -2.15. The van der Waals surface area contributed by atoms with Gasteiger partial charge in [-0.1, -0.05) is 27.2 Å². The standard InChI is InChI=1S/C14H24O4/c1-5-6-9-17-13(15)7-8-14(16)18-12(4)10-11(2)3/h7-8,11-12H,5-6,9-10H2,1-4H3/b8-7+. The van der Waals surface area contributed by atoms with Crippen molar-refractivity contribution < 1.29 is 19.1 Å². The van der Waals surface area contributed by atoms with Gasteiger partial charge < -0.3 is 9.47 Å². The molecule has 0 saturated heterocycles. The van der Waals surface area contributed by atoms with E-state index >= 15 is 0 Å². The molecule has 0 radical (unpaired) electrons. The molecule has 1 atom stereocenters. The lowest BCUT2D eigenvalue weighted by Gasteiger charge is -2.13. The van der Waals surface area contributed by atoms with E-state index in [-0.39, 0.29) is 6.10 Å². The van der Waals surface area contributed by atoms with Gasteiger partial charge in [0.2, 0.25) is 0 Å². The Morgan fingerprint density at radius 2 is 1.72 bits per heavy atom. The normalized spacial score (nSPS) is 12.7. The Bertz CT molecular complexity index is 282. The summed E-state index contributed by atoms with van der Waals surface area (Å²) in [5, 5.41) is 0. The summed E-state index contributed by atoms with van der Waals surface area (Å²) in [6, 6.07) is 0. The lowest BCUT2D eigenvalue weighted by molar-refractivity contribution is -0.144. The molecule has 0 amide bonds. The third-order valence-electron chi connectivity index (χ3n) is 2.22. The van der Waals surface area contributed by atoms with Gasteiger partial charge in [0.05, 0.1) is 12.7 Å². The van der Waals surface area contributed by atoms with Crippen LogP contribution in [0.25, 0.3) is 0 Å². The smallest absolute Gasteiger partial charge is 0.331 e. The van der Waals surface area contributed by atoms with Gasteiger partial charge in [0, 0.05) is 12.2 Å². The van der Waals surface area contributed by atoms with E-state index in [0.29, 0.717) is 12.5 Å². The second kappa shape index (κ2) is 9.68. The van der Waals surface area contributed by atoms with Crippen LogP contribution >= 0.6 is 0 Å². The SMILES string of the molecule is CCCCOC(=O)/C=C/C(=O)OC(C)CC(C)C. The second-order valence-corrected chi connectivity index (χ2v) is 4.73. The molecule has 0 aromatic rings. The highest BCUT2D eigenvalue weighted by Crippen LogP contribution is 2.07. The fraction of sp³-hybridized carbons (Fsp3) is 0.714. The molecule has 4 nitrogen and oxygen atoms in total. The van der Waals surface area contributed by atoms with Gasteiger partial charge in [-0.05, 0) is 25.7 Å². The van der Waals surface area contributed by atoms with Crippen molar-refractivity contribution in [2.45, 2.75) is 53.1 Å². The number of hydrogen-bond donors (Lipinski definition) is 0. The molecule has 0 fully saturated rings. The number of unbranched alkanes of at least 4 members (excludes halogenated alkanes) is 1. The van der Waals surface area contributed by atoms with Crippen molar-refractivity contribution in [1.82, 2.24) is 0 Å². The zero-order chi connectivity index (χ0) is 14.0. The Balaban J connectivity index is 3.88. The predicted molar refractivity (Wildman–Crippen MR) is 70.0 cm³/mol. The summed E-state index contributed by atoms with van der Waals surface area (Å²) in [4.78, 5) is 22.5. The van der Waals surface area contributed by atoms with Crippen LogP contribution in [-0.4, -0.2) is 24.6 Å². The van der Waals surface area contributed by atoms with E-state index in [4.69, 9.17) is 9.47 Å². The van der Waals surface area contributed by atoms with E-state index < -0.39 is 11.9 Å². The average molecular weight is 256 g/mol. The first-order valence-corrected chi connectivity index (χ1v) is 6.51. The number of esters is 2. The predicted octanol–water partition coefficient (Wildman–Crippen LogP) is 2.86. The van der Waals surface area contributed by atoms with Crippen LogP contribution in [0.2, 0.25) is 0 Å². The molecular weight excluding hydrogens is 232 g/mol. The van der Waals surface area contributed by atoms with Crippen molar-refractivity contribution in [2.75, 3.05) is 6.61 Å². The number of hydrogen-bond acceptors (Lipinski definition) is 4. The Morgan fingerprint density at radius 1 is 1.11 bits per heavy atom. The van der Waals surface area contributed by atoms with Gasteiger partial charge in [-0.2, -0.15) is 0 Å². The van der Waals surface area contributed by atoms with Crippen LogP contribution in [0.5, 0.6) is 0 Å². The molecule has 18 heavy (non-hydrogen) atoms. The van der Waals surface area contributed by atoms with Crippen molar-refractivity contribution in [1.29, 1.82) is 0 Å². The fourth-order valence-electron chi connectivity index (χ4n) is 1.45. The first-order chi connectivity index (χ1) is 8.45. The highest BCUT2D eigenvalue weighted by atomic mass is 16.5. The largest absolute Gasteiger partial charge is 0.463 e. The third kappa shape index (κ3) is 9.87.